The first kappa shape index (κ1) is 11.5. The highest BCUT2D eigenvalue weighted by atomic mass is 35.5. The highest BCUT2D eigenvalue weighted by molar-refractivity contribution is 6.30. The Morgan fingerprint density at radius 1 is 1.08 bits per heavy atom. The summed E-state index contributed by atoms with van der Waals surface area (Å²) in [6, 6.07) is 8.02. The minimum absolute atomic E-state index is 0.819. The van der Waals surface area contributed by atoms with E-state index in [0.717, 1.165) is 11.4 Å². The molecule has 68 valence electrons. The molecule has 0 fully saturated rings. The second kappa shape index (κ2) is 7.17. The molecule has 0 atom stereocenters. The number of rotatable bonds is 2. The molecule has 0 saturated carbocycles. The maximum absolute atomic E-state index is 5.71. The molecule has 0 aliphatic rings. The highest BCUT2D eigenvalue weighted by Gasteiger charge is 1.89. The van der Waals surface area contributed by atoms with Gasteiger partial charge in [-0.15, -0.1) is 0 Å². The summed E-state index contributed by atoms with van der Waals surface area (Å²) in [6.45, 7) is 6.18. The number of benzene rings is 1. The zero-order valence-electron chi connectivity index (χ0n) is 8.10. The van der Waals surface area contributed by atoms with E-state index in [-0.39, 0.29) is 0 Å². The maximum Gasteiger partial charge on any atom is 0.0406 e. The van der Waals surface area contributed by atoms with E-state index >= 15 is 0 Å². The van der Waals surface area contributed by atoms with Crippen LogP contribution in [0.2, 0.25) is 5.02 Å². The Kier molecular flexibility index (Phi) is 6.88. The second-order valence-corrected chi connectivity index (χ2v) is 2.81. The first-order valence-corrected chi connectivity index (χ1v) is 4.95. The number of halogens is 1. The van der Waals surface area contributed by atoms with Crippen molar-refractivity contribution in [2.24, 2.45) is 0 Å². The molecule has 12 heavy (non-hydrogen) atoms. The van der Waals surface area contributed by atoms with Gasteiger partial charge in [0.15, 0.2) is 0 Å². The fraction of sp³-hybridized carbons (Fsp3) is 0.455. The maximum atomic E-state index is 5.71. The summed E-state index contributed by atoms with van der Waals surface area (Å²) in [4.78, 5) is 0. The van der Waals surface area contributed by atoms with E-state index in [9.17, 15) is 0 Å². The van der Waals surface area contributed by atoms with Gasteiger partial charge in [0.2, 0.25) is 0 Å². The van der Waals surface area contributed by atoms with Crippen molar-refractivity contribution in [3.63, 3.8) is 0 Å². The standard InChI is InChI=1S/C9H11Cl.C2H6/c1-2-3-8-4-6-9(10)7-5-8;1-2/h4-7H,2-3H2,1H3;1-2H3. The molecule has 1 aromatic rings. The summed E-state index contributed by atoms with van der Waals surface area (Å²) < 4.78 is 0. The third-order valence-corrected chi connectivity index (χ3v) is 1.70. The molecule has 0 N–H and O–H groups in total. The van der Waals surface area contributed by atoms with Crippen LogP contribution in [0.1, 0.15) is 32.8 Å². The molecule has 0 radical (unpaired) electrons. The van der Waals surface area contributed by atoms with Crippen molar-refractivity contribution in [2.75, 3.05) is 0 Å². The summed E-state index contributed by atoms with van der Waals surface area (Å²) in [6.07, 6.45) is 2.35. The summed E-state index contributed by atoms with van der Waals surface area (Å²) in [5.41, 5.74) is 1.37. The van der Waals surface area contributed by atoms with Crippen molar-refractivity contribution in [1.82, 2.24) is 0 Å². The molecule has 0 saturated heterocycles. The predicted molar refractivity (Wildman–Crippen MR) is 56.8 cm³/mol. The third-order valence-electron chi connectivity index (χ3n) is 1.45. The second-order valence-electron chi connectivity index (χ2n) is 2.38. The third kappa shape index (κ3) is 4.40. The minimum atomic E-state index is 0.819. The van der Waals surface area contributed by atoms with E-state index in [1.165, 1.54) is 12.0 Å². The number of aryl methyl sites for hydroxylation is 1. The van der Waals surface area contributed by atoms with Crippen LogP contribution in [-0.2, 0) is 6.42 Å². The lowest BCUT2D eigenvalue weighted by Gasteiger charge is -1.96. The molecular formula is C11H17Cl. The van der Waals surface area contributed by atoms with E-state index in [1.807, 2.05) is 26.0 Å². The van der Waals surface area contributed by atoms with Crippen molar-refractivity contribution in [1.29, 1.82) is 0 Å². The van der Waals surface area contributed by atoms with Gasteiger partial charge >= 0.3 is 0 Å². The molecule has 1 rings (SSSR count). The van der Waals surface area contributed by atoms with Crippen molar-refractivity contribution in [3.8, 4) is 0 Å². The van der Waals surface area contributed by atoms with Gasteiger partial charge in [0.25, 0.3) is 0 Å². The Bertz CT molecular complexity index is 189. The van der Waals surface area contributed by atoms with Crippen molar-refractivity contribution < 1.29 is 0 Å². The van der Waals surface area contributed by atoms with Gasteiger partial charge in [0.1, 0.15) is 0 Å². The zero-order chi connectivity index (χ0) is 9.40. The summed E-state index contributed by atoms with van der Waals surface area (Å²) >= 11 is 5.71. The fourth-order valence-electron chi connectivity index (χ4n) is 0.940. The molecule has 0 nitrogen and oxygen atoms in total. The molecule has 0 aromatic heterocycles. The highest BCUT2D eigenvalue weighted by Crippen LogP contribution is 2.10. The summed E-state index contributed by atoms with van der Waals surface area (Å²) in [5, 5.41) is 0.819. The van der Waals surface area contributed by atoms with Crippen molar-refractivity contribution in [3.05, 3.63) is 34.9 Å². The van der Waals surface area contributed by atoms with Crippen LogP contribution in [0.3, 0.4) is 0 Å². The molecule has 0 aliphatic carbocycles. The van der Waals surface area contributed by atoms with E-state index in [2.05, 4.69) is 19.1 Å². The Hall–Kier alpha value is -0.490. The summed E-state index contributed by atoms with van der Waals surface area (Å²) in [7, 11) is 0. The van der Waals surface area contributed by atoms with Gasteiger partial charge in [-0.05, 0) is 24.1 Å². The molecular weight excluding hydrogens is 168 g/mol. The monoisotopic (exact) mass is 184 g/mol. The largest absolute Gasteiger partial charge is 0.0843 e. The lowest BCUT2D eigenvalue weighted by molar-refractivity contribution is 0.922. The number of hydrogen-bond donors (Lipinski definition) is 0. The number of hydrogen-bond acceptors (Lipinski definition) is 0. The van der Waals surface area contributed by atoms with Crippen LogP contribution in [0.15, 0.2) is 24.3 Å². The van der Waals surface area contributed by atoms with Gasteiger partial charge in [-0.2, -0.15) is 0 Å². The molecule has 1 aromatic carbocycles. The van der Waals surface area contributed by atoms with E-state index in [1.54, 1.807) is 0 Å². The normalized spacial score (nSPS) is 8.67. The van der Waals surface area contributed by atoms with Gasteiger partial charge in [-0.25, -0.2) is 0 Å². The van der Waals surface area contributed by atoms with Crippen LogP contribution >= 0.6 is 11.6 Å². The molecule has 0 bridgehead atoms. The quantitative estimate of drug-likeness (QED) is 0.642. The predicted octanol–water partition coefficient (Wildman–Crippen LogP) is 4.32. The average Bonchev–Trinajstić information content (AvgIpc) is 2.13. The van der Waals surface area contributed by atoms with Crippen molar-refractivity contribution >= 4 is 11.6 Å². The summed E-state index contributed by atoms with van der Waals surface area (Å²) in [5.74, 6) is 0. The van der Waals surface area contributed by atoms with Gasteiger partial charge < -0.3 is 0 Å². The molecule has 1 heteroatoms. The lowest BCUT2D eigenvalue weighted by Crippen LogP contribution is -1.80. The topological polar surface area (TPSA) is 0 Å². The van der Waals surface area contributed by atoms with Crippen LogP contribution in [0.5, 0.6) is 0 Å². The fourth-order valence-corrected chi connectivity index (χ4v) is 1.07. The van der Waals surface area contributed by atoms with E-state index in [4.69, 9.17) is 11.6 Å². The molecule has 0 spiro atoms. The van der Waals surface area contributed by atoms with E-state index in [0.29, 0.717) is 0 Å². The Morgan fingerprint density at radius 2 is 1.58 bits per heavy atom. The van der Waals surface area contributed by atoms with Gasteiger partial charge in [0.05, 0.1) is 0 Å². The first-order valence-electron chi connectivity index (χ1n) is 4.57. The Morgan fingerprint density at radius 3 is 2.00 bits per heavy atom. The Balaban J connectivity index is 0.000000561. The first-order chi connectivity index (χ1) is 5.83. The smallest absolute Gasteiger partial charge is 0.0406 e. The average molecular weight is 185 g/mol. The van der Waals surface area contributed by atoms with Gasteiger partial charge in [0, 0.05) is 5.02 Å². The van der Waals surface area contributed by atoms with Crippen LogP contribution in [0.4, 0.5) is 0 Å². The minimum Gasteiger partial charge on any atom is -0.0843 e. The van der Waals surface area contributed by atoms with Crippen LogP contribution in [0, 0.1) is 0 Å². The SMILES string of the molecule is CC.CCCc1ccc(Cl)cc1. The van der Waals surface area contributed by atoms with Gasteiger partial charge in [-0.3, -0.25) is 0 Å². The van der Waals surface area contributed by atoms with Crippen LogP contribution in [0.25, 0.3) is 0 Å². The zero-order valence-corrected chi connectivity index (χ0v) is 8.86. The Labute approximate surface area is 80.6 Å². The van der Waals surface area contributed by atoms with Crippen molar-refractivity contribution in [2.45, 2.75) is 33.6 Å². The molecule has 0 heterocycles. The molecule has 0 amide bonds. The van der Waals surface area contributed by atoms with Gasteiger partial charge in [-0.1, -0.05) is 50.9 Å². The van der Waals surface area contributed by atoms with E-state index < -0.39 is 0 Å². The van der Waals surface area contributed by atoms with Crippen LogP contribution in [-0.4, -0.2) is 0 Å². The molecule has 0 unspecified atom stereocenters. The van der Waals surface area contributed by atoms with Crippen LogP contribution < -0.4 is 0 Å². The lowest BCUT2D eigenvalue weighted by atomic mass is 10.1. The molecule has 0 aliphatic heterocycles.